The fourth-order valence-corrected chi connectivity index (χ4v) is 8.39. The van der Waals surface area contributed by atoms with Crippen LogP contribution in [0.25, 0.3) is 0 Å². The summed E-state index contributed by atoms with van der Waals surface area (Å²) in [5.41, 5.74) is -1.12. The number of fused-ring (bicyclic) bond motifs is 2. The molecule has 6 unspecified atom stereocenters. The van der Waals surface area contributed by atoms with Gasteiger partial charge in [0.1, 0.15) is 11.6 Å². The molecule has 3 rings (SSSR count). The second-order valence-electron chi connectivity index (χ2n) is 8.72. The van der Waals surface area contributed by atoms with Crippen LogP contribution >= 0.6 is 15.4 Å². The van der Waals surface area contributed by atoms with Crippen molar-refractivity contribution >= 4 is 27.0 Å². The van der Waals surface area contributed by atoms with E-state index >= 15 is 0 Å². The number of ketones is 2. The first-order valence-electron chi connectivity index (χ1n) is 10.2. The summed E-state index contributed by atoms with van der Waals surface area (Å²) in [5.74, 6) is 0.219. The van der Waals surface area contributed by atoms with Crippen LogP contribution in [0.4, 0.5) is 0 Å². The number of carbonyl (C=O) groups excluding carboxylic acids is 2. The number of Topliss-reactive ketones (excluding diaryl/α,β-unsaturated/α-hetero) is 2. The van der Waals surface area contributed by atoms with E-state index in [-0.39, 0.29) is 35.7 Å². The number of rotatable bonds is 3. The van der Waals surface area contributed by atoms with Crippen molar-refractivity contribution in [2.75, 3.05) is 0 Å². The van der Waals surface area contributed by atoms with Crippen molar-refractivity contribution < 1.29 is 37.7 Å². The van der Waals surface area contributed by atoms with Gasteiger partial charge in [-0.2, -0.15) is 0 Å². The van der Waals surface area contributed by atoms with Crippen LogP contribution in [0, 0.1) is 23.7 Å². The Bertz CT molecular complexity index is 702. The summed E-state index contributed by atoms with van der Waals surface area (Å²) in [6.07, 6.45) is 6.72. The molecule has 3 aliphatic carbocycles. The first-order valence-corrected chi connectivity index (χ1v) is 13.4. The zero-order valence-electron chi connectivity index (χ0n) is 15.9. The average molecular weight is 436 g/mol. The molecule has 0 aromatic carbocycles. The first kappa shape index (κ1) is 22.3. The Morgan fingerprint density at radius 2 is 1.39 bits per heavy atom. The minimum Gasteiger partial charge on any atom is -0.324 e. The van der Waals surface area contributed by atoms with Gasteiger partial charge in [-0.25, -0.2) is 8.88 Å². The topological polar surface area (TPSA) is 138 Å². The van der Waals surface area contributed by atoms with Crippen molar-refractivity contribution in [3.8, 4) is 0 Å². The monoisotopic (exact) mass is 436 g/mol. The molecule has 0 spiro atoms. The minimum atomic E-state index is -5.17. The predicted molar refractivity (Wildman–Crippen MR) is 102 cm³/mol. The smallest absolute Gasteiger partial charge is 0.324 e. The van der Waals surface area contributed by atoms with Crippen molar-refractivity contribution in [3.05, 3.63) is 0 Å². The number of carbonyl (C=O) groups is 2. The molecular weight excluding hydrogens is 406 g/mol. The van der Waals surface area contributed by atoms with Crippen LogP contribution in [0.5, 0.6) is 0 Å². The van der Waals surface area contributed by atoms with Gasteiger partial charge in [0.05, 0.1) is 5.66 Å². The van der Waals surface area contributed by atoms with Crippen molar-refractivity contribution in [3.63, 3.8) is 0 Å². The second-order valence-corrected chi connectivity index (χ2v) is 12.1. The highest BCUT2D eigenvalue weighted by atomic mass is 31.3. The first-order chi connectivity index (χ1) is 13.0. The van der Waals surface area contributed by atoms with E-state index in [9.17, 15) is 23.6 Å². The standard InChI is InChI=1S/C18H30O8P2/c19-15-7-4-12-2-1-3-14(12)10-16(20)11-18(17-9-6-13(17)5-8-15)27(21,22)26-28(23,24)25/h12-14,17-18H,1-11H2,(H,21,22)(H2,23,24,25). The second kappa shape index (κ2) is 8.79. The number of hydrogen-bond donors (Lipinski definition) is 3. The number of hydrogen-bond acceptors (Lipinski definition) is 5. The van der Waals surface area contributed by atoms with Crippen LogP contribution < -0.4 is 0 Å². The van der Waals surface area contributed by atoms with E-state index in [4.69, 9.17) is 9.79 Å². The van der Waals surface area contributed by atoms with E-state index in [2.05, 4.69) is 4.31 Å². The molecule has 0 amide bonds. The Balaban J connectivity index is 1.83. The lowest BCUT2D eigenvalue weighted by atomic mass is 9.68. The lowest BCUT2D eigenvalue weighted by Crippen LogP contribution is -2.38. The highest BCUT2D eigenvalue weighted by Gasteiger charge is 2.49. The van der Waals surface area contributed by atoms with Crippen LogP contribution in [0.3, 0.4) is 0 Å². The highest BCUT2D eigenvalue weighted by Crippen LogP contribution is 2.65. The lowest BCUT2D eigenvalue weighted by molar-refractivity contribution is -0.121. The van der Waals surface area contributed by atoms with Gasteiger partial charge in [0.15, 0.2) is 0 Å². The molecule has 10 heteroatoms. The number of phosphoric acid groups is 1. The van der Waals surface area contributed by atoms with E-state index in [1.165, 1.54) is 0 Å². The molecule has 6 atom stereocenters. The molecule has 0 aliphatic heterocycles. The minimum absolute atomic E-state index is 0.00264. The van der Waals surface area contributed by atoms with Gasteiger partial charge >= 0.3 is 15.4 Å². The molecule has 0 aromatic heterocycles. The quantitative estimate of drug-likeness (QED) is 0.571. The Morgan fingerprint density at radius 1 is 0.750 bits per heavy atom. The van der Waals surface area contributed by atoms with Crippen LogP contribution in [0.2, 0.25) is 0 Å². The molecule has 160 valence electrons. The molecular formula is C18H30O8P2. The molecule has 8 nitrogen and oxygen atoms in total. The normalized spacial score (nSPS) is 37.5. The van der Waals surface area contributed by atoms with Crippen LogP contribution in [-0.2, 0) is 23.0 Å². The van der Waals surface area contributed by atoms with E-state index in [1.807, 2.05) is 0 Å². The van der Waals surface area contributed by atoms with Gasteiger partial charge in [0.2, 0.25) is 0 Å². The zero-order chi connectivity index (χ0) is 20.5. The summed E-state index contributed by atoms with van der Waals surface area (Å²) >= 11 is 0. The summed E-state index contributed by atoms with van der Waals surface area (Å²) in [6, 6.07) is 0. The van der Waals surface area contributed by atoms with Crippen LogP contribution in [0.15, 0.2) is 0 Å². The maximum Gasteiger partial charge on any atom is 0.476 e. The Hall–Kier alpha value is -0.360. The van der Waals surface area contributed by atoms with Gasteiger partial charge in [0, 0.05) is 25.7 Å². The Labute approximate surface area is 165 Å². The van der Waals surface area contributed by atoms with Gasteiger partial charge in [-0.3, -0.25) is 14.2 Å². The molecule has 3 N–H and O–H groups in total. The van der Waals surface area contributed by atoms with Crippen molar-refractivity contribution in [1.29, 1.82) is 0 Å². The third-order valence-corrected chi connectivity index (χ3v) is 10.1. The molecule has 28 heavy (non-hydrogen) atoms. The van der Waals surface area contributed by atoms with E-state index in [0.29, 0.717) is 38.0 Å². The van der Waals surface area contributed by atoms with Crippen molar-refractivity contribution in [1.82, 2.24) is 0 Å². The van der Waals surface area contributed by atoms with Crippen LogP contribution in [-0.4, -0.2) is 31.9 Å². The van der Waals surface area contributed by atoms with E-state index in [0.717, 1.165) is 32.1 Å². The Morgan fingerprint density at radius 3 is 2.00 bits per heavy atom. The maximum absolute atomic E-state index is 12.7. The van der Waals surface area contributed by atoms with Gasteiger partial charge in [0.25, 0.3) is 0 Å². The third-order valence-electron chi connectivity index (χ3n) is 6.94. The molecule has 0 heterocycles. The summed E-state index contributed by atoms with van der Waals surface area (Å²) in [5, 5.41) is 0. The molecule has 3 saturated carbocycles. The fraction of sp³-hybridized carbons (Fsp3) is 0.889. The molecule has 0 radical (unpaired) electrons. The van der Waals surface area contributed by atoms with Gasteiger partial charge < -0.3 is 14.7 Å². The van der Waals surface area contributed by atoms with Crippen molar-refractivity contribution in [2.45, 2.75) is 76.3 Å². The van der Waals surface area contributed by atoms with E-state index < -0.39 is 21.1 Å². The van der Waals surface area contributed by atoms with E-state index in [1.54, 1.807) is 0 Å². The van der Waals surface area contributed by atoms with Gasteiger partial charge in [-0.1, -0.05) is 12.8 Å². The third kappa shape index (κ3) is 5.62. The Kier molecular flexibility index (Phi) is 7.01. The predicted octanol–water partition coefficient (Wildman–Crippen LogP) is 3.58. The maximum atomic E-state index is 12.7. The van der Waals surface area contributed by atoms with Gasteiger partial charge in [-0.15, -0.1) is 0 Å². The largest absolute Gasteiger partial charge is 0.476 e. The fourth-order valence-electron chi connectivity index (χ4n) is 5.37. The summed E-state index contributed by atoms with van der Waals surface area (Å²) in [7, 11) is -9.87. The van der Waals surface area contributed by atoms with Gasteiger partial charge in [-0.05, 0) is 55.8 Å². The zero-order valence-corrected chi connectivity index (χ0v) is 17.7. The van der Waals surface area contributed by atoms with Crippen LogP contribution in [0.1, 0.15) is 70.6 Å². The molecule has 0 bridgehead atoms. The molecule has 3 fully saturated rings. The summed E-state index contributed by atoms with van der Waals surface area (Å²) in [6.45, 7) is 0. The van der Waals surface area contributed by atoms with Crippen molar-refractivity contribution in [2.24, 2.45) is 23.7 Å². The summed E-state index contributed by atoms with van der Waals surface area (Å²) < 4.78 is 28.2. The molecule has 3 aliphatic rings. The SMILES string of the molecule is O=C1CCC2CCCC2CC(=O)CC(P(=O)(O)OP(=O)(O)O)C2CCC2CC1. The summed E-state index contributed by atoms with van der Waals surface area (Å²) in [4.78, 5) is 53.5. The average Bonchev–Trinajstić information content (AvgIpc) is 2.95. The lowest BCUT2D eigenvalue weighted by Gasteiger charge is -2.42. The molecule has 0 aromatic rings. The highest BCUT2D eigenvalue weighted by molar-refractivity contribution is 7.64. The molecule has 0 saturated heterocycles.